The monoisotopic (exact) mass is 386 g/mol. The van der Waals surface area contributed by atoms with Crippen LogP contribution in [0.1, 0.15) is 68.5 Å². The molecular weight excluding hydrogens is 360 g/mol. The lowest BCUT2D eigenvalue weighted by Crippen LogP contribution is -1.91. The second-order valence-electron chi connectivity index (χ2n) is 8.44. The lowest BCUT2D eigenvalue weighted by atomic mass is 9.95. The average molecular weight is 386 g/mol. The Balaban J connectivity index is 1.60. The molecule has 1 fully saturated rings. The summed E-state index contributed by atoms with van der Waals surface area (Å²) >= 11 is 0. The minimum atomic E-state index is 0.374. The van der Waals surface area contributed by atoms with Crippen LogP contribution in [-0.4, -0.2) is 20.2 Å². The summed E-state index contributed by atoms with van der Waals surface area (Å²) in [5.74, 6) is 2.22. The Morgan fingerprint density at radius 3 is 2.62 bits per heavy atom. The van der Waals surface area contributed by atoms with Crippen LogP contribution in [0, 0.1) is 6.92 Å². The Morgan fingerprint density at radius 2 is 1.86 bits per heavy atom. The Kier molecular flexibility index (Phi) is 4.46. The second-order valence-corrected chi connectivity index (χ2v) is 8.44. The summed E-state index contributed by atoms with van der Waals surface area (Å²) < 4.78 is 6.07. The minimum Gasteiger partial charge on any atom is -0.420 e. The van der Waals surface area contributed by atoms with Crippen molar-refractivity contribution in [3.8, 4) is 22.7 Å². The van der Waals surface area contributed by atoms with Crippen LogP contribution in [0.25, 0.3) is 33.6 Å². The highest BCUT2D eigenvalue weighted by molar-refractivity contribution is 5.93. The summed E-state index contributed by atoms with van der Waals surface area (Å²) in [6.07, 6.45) is 6.70. The number of benzene rings is 1. The molecule has 0 radical (unpaired) electrons. The Labute approximate surface area is 170 Å². The van der Waals surface area contributed by atoms with Crippen LogP contribution >= 0.6 is 0 Å². The first kappa shape index (κ1) is 18.1. The van der Waals surface area contributed by atoms with Crippen LogP contribution in [-0.2, 0) is 0 Å². The molecule has 4 aromatic rings. The van der Waals surface area contributed by atoms with E-state index in [1.165, 1.54) is 29.4 Å². The van der Waals surface area contributed by atoms with E-state index in [4.69, 9.17) is 4.42 Å². The molecule has 5 rings (SSSR count). The molecule has 0 amide bonds. The molecule has 1 aromatic carbocycles. The molecule has 0 aliphatic heterocycles. The van der Waals surface area contributed by atoms with Crippen LogP contribution in [0.15, 0.2) is 40.9 Å². The van der Waals surface area contributed by atoms with Gasteiger partial charge in [-0.05, 0) is 61.6 Å². The molecule has 29 heavy (non-hydrogen) atoms. The first-order valence-electron chi connectivity index (χ1n) is 10.5. The standard InChI is InChI=1S/C24H26N4O/c1-14(2)21-19-13-18(24-28-27-23(29-24)16-6-4-5-7-16)8-9-20(19)26-22(21)17-10-11-25-15(3)12-17/h8-14,16,26H,4-7H2,1-3H3. The van der Waals surface area contributed by atoms with Gasteiger partial charge in [0.2, 0.25) is 11.8 Å². The van der Waals surface area contributed by atoms with Crippen LogP contribution < -0.4 is 0 Å². The van der Waals surface area contributed by atoms with E-state index in [0.717, 1.165) is 41.2 Å². The quantitative estimate of drug-likeness (QED) is 0.442. The number of aryl methyl sites for hydroxylation is 1. The third-order valence-corrected chi connectivity index (χ3v) is 5.99. The molecule has 5 nitrogen and oxygen atoms in total. The van der Waals surface area contributed by atoms with E-state index in [0.29, 0.717) is 17.7 Å². The van der Waals surface area contributed by atoms with Gasteiger partial charge in [-0.15, -0.1) is 10.2 Å². The first-order chi connectivity index (χ1) is 14.1. The molecule has 0 bridgehead atoms. The number of H-pyrrole nitrogens is 1. The fraction of sp³-hybridized carbons (Fsp3) is 0.375. The van der Waals surface area contributed by atoms with Gasteiger partial charge in [0.15, 0.2) is 0 Å². The number of nitrogens with zero attached hydrogens (tertiary/aromatic N) is 3. The molecule has 148 valence electrons. The highest BCUT2D eigenvalue weighted by Crippen LogP contribution is 2.38. The summed E-state index contributed by atoms with van der Waals surface area (Å²) in [6, 6.07) is 10.6. The molecular formula is C24H26N4O. The summed E-state index contributed by atoms with van der Waals surface area (Å²) in [6.45, 7) is 6.49. The van der Waals surface area contributed by atoms with E-state index in [9.17, 15) is 0 Å². The maximum Gasteiger partial charge on any atom is 0.247 e. The fourth-order valence-corrected chi connectivity index (χ4v) is 4.56. The second kappa shape index (κ2) is 7.14. The molecule has 0 unspecified atom stereocenters. The number of aromatic amines is 1. The predicted molar refractivity (Wildman–Crippen MR) is 115 cm³/mol. The van der Waals surface area contributed by atoms with Crippen molar-refractivity contribution in [2.75, 3.05) is 0 Å². The fourth-order valence-electron chi connectivity index (χ4n) is 4.56. The molecule has 1 N–H and O–H groups in total. The van der Waals surface area contributed by atoms with Gasteiger partial charge in [-0.1, -0.05) is 26.7 Å². The maximum absolute atomic E-state index is 6.07. The van der Waals surface area contributed by atoms with E-state index in [1.807, 2.05) is 13.1 Å². The number of hydrogen-bond acceptors (Lipinski definition) is 4. The van der Waals surface area contributed by atoms with Gasteiger partial charge in [0.25, 0.3) is 0 Å². The third kappa shape index (κ3) is 3.24. The molecule has 0 spiro atoms. The highest BCUT2D eigenvalue weighted by Gasteiger charge is 2.23. The number of hydrogen-bond donors (Lipinski definition) is 1. The largest absolute Gasteiger partial charge is 0.420 e. The summed E-state index contributed by atoms with van der Waals surface area (Å²) in [5, 5.41) is 9.91. The summed E-state index contributed by atoms with van der Waals surface area (Å²) in [5.41, 5.74) is 6.75. The molecule has 5 heteroatoms. The number of nitrogens with one attached hydrogen (secondary N) is 1. The van der Waals surface area contributed by atoms with E-state index in [-0.39, 0.29) is 0 Å². The number of aromatic nitrogens is 4. The van der Waals surface area contributed by atoms with Crippen LogP contribution in [0.3, 0.4) is 0 Å². The Morgan fingerprint density at radius 1 is 1.03 bits per heavy atom. The zero-order valence-corrected chi connectivity index (χ0v) is 17.2. The molecule has 3 heterocycles. The van der Waals surface area contributed by atoms with Gasteiger partial charge in [-0.2, -0.15) is 0 Å². The SMILES string of the molecule is Cc1cc(-c2[nH]c3ccc(-c4nnc(C5CCCC5)o4)cc3c2C(C)C)ccn1. The van der Waals surface area contributed by atoms with Crippen molar-refractivity contribution in [3.63, 3.8) is 0 Å². The normalized spacial score (nSPS) is 15.0. The minimum absolute atomic E-state index is 0.374. The first-order valence-corrected chi connectivity index (χ1v) is 10.5. The number of fused-ring (bicyclic) bond motifs is 1. The van der Waals surface area contributed by atoms with Crippen LogP contribution in [0.5, 0.6) is 0 Å². The van der Waals surface area contributed by atoms with Crippen molar-refractivity contribution in [2.24, 2.45) is 0 Å². The smallest absolute Gasteiger partial charge is 0.247 e. The topological polar surface area (TPSA) is 67.6 Å². The van der Waals surface area contributed by atoms with Crippen molar-refractivity contribution < 1.29 is 4.42 Å². The van der Waals surface area contributed by atoms with Gasteiger partial charge in [0, 0.05) is 39.8 Å². The van der Waals surface area contributed by atoms with Crippen LogP contribution in [0.4, 0.5) is 0 Å². The van der Waals surface area contributed by atoms with Crippen molar-refractivity contribution in [3.05, 3.63) is 53.7 Å². The van der Waals surface area contributed by atoms with Gasteiger partial charge in [0.05, 0.1) is 5.69 Å². The van der Waals surface area contributed by atoms with Gasteiger partial charge in [0.1, 0.15) is 0 Å². The van der Waals surface area contributed by atoms with Crippen molar-refractivity contribution in [2.45, 2.75) is 58.3 Å². The zero-order valence-electron chi connectivity index (χ0n) is 17.2. The molecule has 3 aromatic heterocycles. The molecule has 1 aliphatic rings. The number of pyridine rings is 1. The van der Waals surface area contributed by atoms with E-state index in [1.54, 1.807) is 0 Å². The van der Waals surface area contributed by atoms with Crippen LogP contribution in [0.2, 0.25) is 0 Å². The van der Waals surface area contributed by atoms with Gasteiger partial charge < -0.3 is 9.40 Å². The summed E-state index contributed by atoms with van der Waals surface area (Å²) in [4.78, 5) is 7.96. The van der Waals surface area contributed by atoms with Crippen molar-refractivity contribution >= 4 is 10.9 Å². The molecule has 0 saturated heterocycles. The van der Waals surface area contributed by atoms with Crippen molar-refractivity contribution in [1.82, 2.24) is 20.2 Å². The third-order valence-electron chi connectivity index (χ3n) is 5.99. The maximum atomic E-state index is 6.07. The average Bonchev–Trinajstić information content (AvgIpc) is 3.45. The number of rotatable bonds is 4. The lowest BCUT2D eigenvalue weighted by molar-refractivity contribution is 0.457. The lowest BCUT2D eigenvalue weighted by Gasteiger charge is -2.09. The Bertz CT molecular complexity index is 1160. The summed E-state index contributed by atoms with van der Waals surface area (Å²) in [7, 11) is 0. The molecule has 1 saturated carbocycles. The molecule has 1 aliphatic carbocycles. The van der Waals surface area contributed by atoms with E-state index >= 15 is 0 Å². The Hall–Kier alpha value is -2.95. The van der Waals surface area contributed by atoms with Gasteiger partial charge in [-0.3, -0.25) is 4.98 Å². The van der Waals surface area contributed by atoms with Crippen molar-refractivity contribution in [1.29, 1.82) is 0 Å². The van der Waals surface area contributed by atoms with Gasteiger partial charge >= 0.3 is 0 Å². The molecule has 0 atom stereocenters. The van der Waals surface area contributed by atoms with E-state index in [2.05, 4.69) is 64.3 Å². The van der Waals surface area contributed by atoms with E-state index < -0.39 is 0 Å². The van der Waals surface area contributed by atoms with Gasteiger partial charge in [-0.25, -0.2) is 0 Å². The predicted octanol–water partition coefficient (Wildman–Crippen LogP) is 6.37. The highest BCUT2D eigenvalue weighted by atomic mass is 16.4. The zero-order chi connectivity index (χ0) is 20.0.